The van der Waals surface area contributed by atoms with E-state index in [1.807, 2.05) is 24.3 Å². The third-order valence-corrected chi connectivity index (χ3v) is 13.4. The van der Waals surface area contributed by atoms with Gasteiger partial charge in [0.25, 0.3) is 20.2 Å². The smallest absolute Gasteiger partial charge is 0.307 e. The number of nitrogens with zero attached hydrogens (tertiary/aromatic N) is 1. The minimum absolute atomic E-state index is 0.0676. The minimum Gasteiger partial charge on any atom is -0.481 e. The number of anilines is 1. The Balaban J connectivity index is 1.41. The average Bonchev–Trinajstić information content (AvgIpc) is 3.34. The summed E-state index contributed by atoms with van der Waals surface area (Å²) >= 11 is 0. The maximum Gasteiger partial charge on any atom is 0.307 e. The molecule has 7 rings (SSSR count). The number of carboxylic acid groups (broad SMARTS) is 1. The standard InChI is InChI=1S/C40H45NO9S2/c1-24-29-23-30-34(50-33(29)11-7-9-26-14-13-25(22-36(42)43)21-32(26)39(24,2)3)17-19-41-37-28-10-8-12-35(52(47,48)49)27(28)15-16-31(37)40(4,38(30)41)18-5-6-20-51(44,45)46/h8,10,12-16,21,23,33-34H,1,5-7,9,11,17-20,22H2,2-4H3,(H,42,43)(H,44,45,46)(H,47,48,49). The lowest BCUT2D eigenvalue weighted by atomic mass is 9.70. The molecule has 1 aliphatic carbocycles. The molecule has 0 saturated carbocycles. The molecule has 10 nitrogen and oxygen atoms in total. The molecule has 3 unspecified atom stereocenters. The van der Waals surface area contributed by atoms with Gasteiger partial charge in [-0.15, -0.1) is 0 Å². The van der Waals surface area contributed by atoms with E-state index < -0.39 is 37.0 Å². The van der Waals surface area contributed by atoms with Crippen molar-refractivity contribution in [2.45, 2.75) is 100 Å². The minimum atomic E-state index is -4.50. The average molecular weight is 748 g/mol. The van der Waals surface area contributed by atoms with Crippen LogP contribution in [0.15, 0.2) is 88.5 Å². The van der Waals surface area contributed by atoms with Gasteiger partial charge >= 0.3 is 5.97 Å². The maximum atomic E-state index is 12.4. The van der Waals surface area contributed by atoms with Crippen molar-refractivity contribution < 1.29 is 40.6 Å². The van der Waals surface area contributed by atoms with Crippen LogP contribution in [0.5, 0.6) is 0 Å². The fraction of sp³-hybridized carbons (Fsp3) is 0.425. The van der Waals surface area contributed by atoms with Crippen molar-refractivity contribution in [1.82, 2.24) is 0 Å². The van der Waals surface area contributed by atoms with Gasteiger partial charge in [-0.25, -0.2) is 0 Å². The van der Waals surface area contributed by atoms with Crippen molar-refractivity contribution in [2.24, 2.45) is 0 Å². The summed E-state index contributed by atoms with van der Waals surface area (Å²) in [5, 5.41) is 10.6. The van der Waals surface area contributed by atoms with Gasteiger partial charge in [-0.05, 0) is 91.0 Å². The van der Waals surface area contributed by atoms with Crippen LogP contribution in [0.25, 0.3) is 10.8 Å². The lowest BCUT2D eigenvalue weighted by Gasteiger charge is -2.44. The summed E-state index contributed by atoms with van der Waals surface area (Å²) in [6, 6.07) is 14.5. The van der Waals surface area contributed by atoms with Crippen LogP contribution in [0, 0.1) is 0 Å². The van der Waals surface area contributed by atoms with Gasteiger partial charge in [0.2, 0.25) is 0 Å². The molecule has 0 aromatic heterocycles. The van der Waals surface area contributed by atoms with Crippen LogP contribution < -0.4 is 4.90 Å². The molecule has 3 N–H and O–H groups in total. The number of allylic oxidation sites excluding steroid dienone is 1. The zero-order chi connectivity index (χ0) is 37.4. The lowest BCUT2D eigenvalue weighted by Crippen LogP contribution is -2.43. The van der Waals surface area contributed by atoms with Gasteiger partial charge in [-0.2, -0.15) is 16.8 Å². The van der Waals surface area contributed by atoms with E-state index in [2.05, 4.69) is 44.4 Å². The van der Waals surface area contributed by atoms with Crippen molar-refractivity contribution in [3.63, 3.8) is 0 Å². The summed E-state index contributed by atoms with van der Waals surface area (Å²) in [7, 11) is -8.64. The first-order valence-electron chi connectivity index (χ1n) is 17.8. The summed E-state index contributed by atoms with van der Waals surface area (Å²) in [6.07, 6.45) is 6.27. The van der Waals surface area contributed by atoms with E-state index in [0.29, 0.717) is 36.6 Å². The third kappa shape index (κ3) is 6.32. The first-order valence-corrected chi connectivity index (χ1v) is 20.9. The number of carbonyl (C=O) groups is 1. The van der Waals surface area contributed by atoms with Crippen molar-refractivity contribution in [1.29, 1.82) is 0 Å². The molecule has 3 heterocycles. The number of hydrogen-bond acceptors (Lipinski definition) is 7. The van der Waals surface area contributed by atoms with Gasteiger partial charge in [0, 0.05) is 39.4 Å². The summed E-state index contributed by atoms with van der Waals surface area (Å²) in [5.41, 5.74) is 7.51. The van der Waals surface area contributed by atoms with Gasteiger partial charge in [-0.1, -0.05) is 69.3 Å². The molecule has 0 fully saturated rings. The van der Waals surface area contributed by atoms with Gasteiger partial charge in [0.15, 0.2) is 0 Å². The van der Waals surface area contributed by atoms with Gasteiger partial charge < -0.3 is 14.7 Å². The molecule has 4 aliphatic rings. The number of ether oxygens (including phenoxy) is 1. The molecule has 52 heavy (non-hydrogen) atoms. The predicted molar refractivity (Wildman–Crippen MR) is 200 cm³/mol. The highest BCUT2D eigenvalue weighted by molar-refractivity contribution is 7.86. The Morgan fingerprint density at radius 2 is 1.73 bits per heavy atom. The summed E-state index contributed by atoms with van der Waals surface area (Å²) in [4.78, 5) is 13.7. The quantitative estimate of drug-likeness (QED) is 0.161. The number of fused-ring (bicyclic) bond motifs is 8. The second-order valence-electron chi connectivity index (χ2n) is 15.4. The largest absolute Gasteiger partial charge is 0.481 e. The predicted octanol–water partition coefficient (Wildman–Crippen LogP) is 7.07. The van der Waals surface area contributed by atoms with E-state index in [4.69, 9.17) is 4.74 Å². The van der Waals surface area contributed by atoms with Crippen LogP contribution in [0.2, 0.25) is 0 Å². The highest BCUT2D eigenvalue weighted by Crippen LogP contribution is 2.58. The molecular weight excluding hydrogens is 703 g/mol. The Kier molecular flexibility index (Phi) is 9.10. The van der Waals surface area contributed by atoms with Crippen molar-refractivity contribution in [2.75, 3.05) is 17.2 Å². The van der Waals surface area contributed by atoms with E-state index in [-0.39, 0.29) is 35.7 Å². The fourth-order valence-corrected chi connectivity index (χ4v) is 10.4. The topological polar surface area (TPSA) is 159 Å². The monoisotopic (exact) mass is 747 g/mol. The molecule has 0 amide bonds. The zero-order valence-electron chi connectivity index (χ0n) is 29.7. The van der Waals surface area contributed by atoms with E-state index in [0.717, 1.165) is 64.1 Å². The van der Waals surface area contributed by atoms with Gasteiger partial charge in [0.1, 0.15) is 4.90 Å². The lowest BCUT2D eigenvalue weighted by molar-refractivity contribution is -0.136. The van der Waals surface area contributed by atoms with Gasteiger partial charge in [-0.3, -0.25) is 13.9 Å². The SMILES string of the molecule is C=C1C2=CC3=C4N(CCC3OC2CCCc2ccc(CC(=O)O)cc2C1(C)C)c1c(ccc2c(S(=O)(=O)O)cccc12)C4(C)CCCCS(=O)(=O)O. The highest BCUT2D eigenvalue weighted by atomic mass is 32.2. The molecule has 0 spiro atoms. The molecule has 3 atom stereocenters. The highest BCUT2D eigenvalue weighted by Gasteiger charge is 2.50. The summed E-state index contributed by atoms with van der Waals surface area (Å²) in [5.74, 6) is -1.23. The van der Waals surface area contributed by atoms with E-state index in [1.165, 1.54) is 11.6 Å². The fourth-order valence-electron chi connectivity index (χ4n) is 9.13. The molecule has 0 radical (unpaired) electrons. The molecule has 0 bridgehead atoms. The third-order valence-electron chi connectivity index (χ3n) is 11.7. The first-order chi connectivity index (χ1) is 24.4. The number of hydrogen-bond donors (Lipinski definition) is 3. The second kappa shape index (κ2) is 12.9. The Morgan fingerprint density at radius 3 is 2.44 bits per heavy atom. The van der Waals surface area contributed by atoms with Gasteiger partial charge in [0.05, 0.1) is 30.1 Å². The first kappa shape index (κ1) is 36.5. The molecule has 3 aliphatic heterocycles. The molecule has 3 aromatic carbocycles. The Morgan fingerprint density at radius 1 is 0.962 bits per heavy atom. The zero-order valence-corrected chi connectivity index (χ0v) is 31.3. The van der Waals surface area contributed by atoms with Crippen molar-refractivity contribution in [3.8, 4) is 0 Å². The van der Waals surface area contributed by atoms with E-state index in [1.54, 1.807) is 12.1 Å². The Bertz CT molecular complexity index is 2310. The van der Waals surface area contributed by atoms with Crippen LogP contribution in [0.4, 0.5) is 5.69 Å². The normalized spacial score (nSPS) is 24.1. The molecule has 12 heteroatoms. The molecule has 0 saturated heterocycles. The van der Waals surface area contributed by atoms with E-state index in [9.17, 15) is 35.8 Å². The second-order valence-corrected chi connectivity index (χ2v) is 18.3. The Labute approximate surface area is 305 Å². The van der Waals surface area contributed by atoms with Crippen molar-refractivity contribution in [3.05, 3.63) is 106 Å². The van der Waals surface area contributed by atoms with E-state index >= 15 is 0 Å². The number of carboxylic acids is 1. The van der Waals surface area contributed by atoms with Crippen LogP contribution in [-0.4, -0.2) is 61.5 Å². The molecule has 276 valence electrons. The van der Waals surface area contributed by atoms with Crippen LogP contribution >= 0.6 is 0 Å². The molecule has 3 aromatic rings. The molecular formula is C40H45NO9S2. The number of rotatable bonds is 8. The van der Waals surface area contributed by atoms with Crippen LogP contribution in [-0.2, 0) is 53.4 Å². The van der Waals surface area contributed by atoms with Crippen LogP contribution in [0.1, 0.15) is 81.5 Å². The number of aryl methyl sites for hydroxylation is 1. The van der Waals surface area contributed by atoms with Crippen molar-refractivity contribution >= 4 is 42.7 Å². The summed E-state index contributed by atoms with van der Waals surface area (Å²) < 4.78 is 74.7. The summed E-state index contributed by atoms with van der Waals surface area (Å²) in [6.45, 7) is 11.7. The number of benzene rings is 3. The maximum absolute atomic E-state index is 12.4. The number of aliphatic carboxylic acids is 1. The van der Waals surface area contributed by atoms with Crippen LogP contribution in [0.3, 0.4) is 0 Å². The Hall–Kier alpha value is -3.81. The number of unbranched alkanes of at least 4 members (excludes halogenated alkanes) is 1.